The number of rotatable bonds is 4. The molecule has 14 heavy (non-hydrogen) atoms. The van der Waals surface area contributed by atoms with Crippen LogP contribution < -0.4 is 0 Å². The molecule has 0 N–H and O–H groups in total. The zero-order valence-electron chi connectivity index (χ0n) is 8.71. The molecule has 1 aliphatic carbocycles. The van der Waals surface area contributed by atoms with Crippen molar-refractivity contribution in [3.63, 3.8) is 0 Å². The van der Waals surface area contributed by atoms with Gasteiger partial charge in [0.2, 0.25) is 0 Å². The van der Waals surface area contributed by atoms with Crippen LogP contribution in [0, 0.1) is 12.8 Å². The highest BCUT2D eigenvalue weighted by molar-refractivity contribution is 5.81. The van der Waals surface area contributed by atoms with Crippen molar-refractivity contribution in [1.82, 2.24) is 0 Å². The molecule has 1 saturated carbocycles. The predicted octanol–water partition coefficient (Wildman–Crippen LogP) is 2.89. The summed E-state index contributed by atoms with van der Waals surface area (Å²) in [5.74, 6) is 0.371. The van der Waals surface area contributed by atoms with E-state index in [0.717, 1.165) is 0 Å². The van der Waals surface area contributed by atoms with Gasteiger partial charge < -0.3 is 4.74 Å². The van der Waals surface area contributed by atoms with Crippen molar-refractivity contribution in [2.45, 2.75) is 38.5 Å². The Bertz CT molecular complexity index is 190. The molecule has 1 rings (SSSR count). The summed E-state index contributed by atoms with van der Waals surface area (Å²) in [5.41, 5.74) is 0. The normalized spacial score (nSPS) is 18.6. The zero-order valence-corrected chi connectivity index (χ0v) is 8.71. The average Bonchev–Trinajstić information content (AvgIpc) is 2.25. The minimum absolute atomic E-state index is 0.223. The number of esters is 1. The summed E-state index contributed by atoms with van der Waals surface area (Å²) in [5, 5.41) is 0. The lowest BCUT2D eigenvalue weighted by Gasteiger charge is -2.17. The molecule has 1 fully saturated rings. The second kappa shape index (κ2) is 6.63. The maximum atomic E-state index is 11.1. The third-order valence-corrected chi connectivity index (χ3v) is 2.54. The maximum absolute atomic E-state index is 11.1. The average molecular weight is 195 g/mol. The van der Waals surface area contributed by atoms with Gasteiger partial charge in [0, 0.05) is 6.08 Å². The van der Waals surface area contributed by atoms with Crippen LogP contribution in [0.15, 0.2) is 12.2 Å². The van der Waals surface area contributed by atoms with Crippen molar-refractivity contribution in [3.05, 3.63) is 19.1 Å². The molecule has 1 aliphatic rings. The summed E-state index contributed by atoms with van der Waals surface area (Å²) < 4.78 is 4.89. The smallest absolute Gasteiger partial charge is 0.330 e. The summed E-state index contributed by atoms with van der Waals surface area (Å²) in [6.45, 7) is 4.03. The van der Waals surface area contributed by atoms with Crippen LogP contribution in [0.3, 0.4) is 0 Å². The van der Waals surface area contributed by atoms with Crippen LogP contribution in [0.2, 0.25) is 0 Å². The van der Waals surface area contributed by atoms with E-state index in [2.05, 4.69) is 6.92 Å². The highest BCUT2D eigenvalue weighted by atomic mass is 16.5. The first-order valence-electron chi connectivity index (χ1n) is 5.47. The molecule has 1 radical (unpaired) electrons. The second-order valence-electron chi connectivity index (χ2n) is 3.78. The molecule has 0 aliphatic heterocycles. The Labute approximate surface area is 86.3 Å². The van der Waals surface area contributed by atoms with Crippen LogP contribution in [-0.2, 0) is 9.53 Å². The van der Waals surface area contributed by atoms with Gasteiger partial charge in [-0.3, -0.25) is 0 Å². The van der Waals surface area contributed by atoms with Gasteiger partial charge in [0.15, 0.2) is 0 Å². The molecule has 0 saturated heterocycles. The van der Waals surface area contributed by atoms with Gasteiger partial charge in [0.05, 0.1) is 6.61 Å². The van der Waals surface area contributed by atoms with E-state index in [1.165, 1.54) is 32.1 Å². The Balaban J connectivity index is 2.20. The fraction of sp³-hybridized carbons (Fsp3) is 0.667. The van der Waals surface area contributed by atoms with E-state index in [-0.39, 0.29) is 5.97 Å². The largest absolute Gasteiger partial charge is 0.463 e. The minimum Gasteiger partial charge on any atom is -0.463 e. The van der Waals surface area contributed by atoms with Gasteiger partial charge >= 0.3 is 5.97 Å². The topological polar surface area (TPSA) is 26.3 Å². The predicted molar refractivity (Wildman–Crippen MR) is 56.6 cm³/mol. The number of hydrogen-bond acceptors (Lipinski definition) is 2. The summed E-state index contributed by atoms with van der Waals surface area (Å²) >= 11 is 0. The number of hydrogen-bond donors (Lipinski definition) is 0. The lowest BCUT2D eigenvalue weighted by atomic mass is 9.89. The quantitative estimate of drug-likeness (QED) is 0.509. The number of carbonyl (C=O) groups is 1. The van der Waals surface area contributed by atoms with Gasteiger partial charge in [-0.2, -0.15) is 0 Å². The molecule has 2 heteroatoms. The first-order valence-corrected chi connectivity index (χ1v) is 5.47. The van der Waals surface area contributed by atoms with Crippen LogP contribution in [0.5, 0.6) is 0 Å². The molecule has 0 unspecified atom stereocenters. The number of carbonyl (C=O) groups excluding carboxylic acids is 1. The molecular formula is C12H19O2. The molecule has 0 aromatic carbocycles. The fourth-order valence-corrected chi connectivity index (χ4v) is 1.76. The molecular weight excluding hydrogens is 176 g/mol. The first-order chi connectivity index (χ1) is 6.83. The number of ether oxygens (including phenoxy) is 1. The maximum Gasteiger partial charge on any atom is 0.330 e. The van der Waals surface area contributed by atoms with Gasteiger partial charge in [-0.1, -0.05) is 25.3 Å². The minimum atomic E-state index is -0.223. The zero-order chi connectivity index (χ0) is 10.2. The van der Waals surface area contributed by atoms with Crippen LogP contribution in [0.1, 0.15) is 38.5 Å². The van der Waals surface area contributed by atoms with Crippen molar-refractivity contribution in [2.75, 3.05) is 6.61 Å². The summed E-state index contributed by atoms with van der Waals surface area (Å²) in [4.78, 5) is 11.1. The summed E-state index contributed by atoms with van der Waals surface area (Å²) in [6, 6.07) is 0. The van der Waals surface area contributed by atoms with Crippen molar-refractivity contribution in [2.24, 2.45) is 5.92 Å². The van der Waals surface area contributed by atoms with Crippen LogP contribution in [0.25, 0.3) is 0 Å². The molecule has 0 aromatic rings. The van der Waals surface area contributed by atoms with Gasteiger partial charge in [0.25, 0.3) is 0 Å². The summed E-state index contributed by atoms with van der Waals surface area (Å²) in [7, 11) is 0. The van der Waals surface area contributed by atoms with Gasteiger partial charge in [0.1, 0.15) is 0 Å². The van der Waals surface area contributed by atoms with Gasteiger partial charge in [-0.15, -0.1) is 0 Å². The molecule has 0 bridgehead atoms. The third-order valence-electron chi connectivity index (χ3n) is 2.54. The lowest BCUT2D eigenvalue weighted by molar-refractivity contribution is -0.137. The van der Waals surface area contributed by atoms with Crippen LogP contribution in [-0.4, -0.2) is 12.6 Å². The highest BCUT2D eigenvalue weighted by Crippen LogP contribution is 2.24. The molecule has 79 valence electrons. The Morgan fingerprint density at radius 2 is 2.07 bits per heavy atom. The SMILES string of the molecule is [CH2]CCOC(=O)C=CC1CCCCC1. The van der Waals surface area contributed by atoms with Crippen molar-refractivity contribution < 1.29 is 9.53 Å². The Hall–Kier alpha value is -0.790. The first kappa shape index (κ1) is 11.3. The van der Waals surface area contributed by atoms with Crippen molar-refractivity contribution in [3.8, 4) is 0 Å². The number of allylic oxidation sites excluding steroid dienone is 1. The molecule has 0 aromatic heterocycles. The molecule has 2 nitrogen and oxygen atoms in total. The van der Waals surface area contributed by atoms with Crippen molar-refractivity contribution in [1.29, 1.82) is 0 Å². The van der Waals surface area contributed by atoms with E-state index >= 15 is 0 Å². The Kier molecular flexibility index (Phi) is 5.35. The van der Waals surface area contributed by atoms with E-state index in [0.29, 0.717) is 18.9 Å². The van der Waals surface area contributed by atoms with E-state index in [1.807, 2.05) is 6.08 Å². The Morgan fingerprint density at radius 3 is 2.71 bits per heavy atom. The van der Waals surface area contributed by atoms with E-state index < -0.39 is 0 Å². The second-order valence-corrected chi connectivity index (χ2v) is 3.78. The van der Waals surface area contributed by atoms with E-state index in [1.54, 1.807) is 6.08 Å². The molecule has 0 atom stereocenters. The van der Waals surface area contributed by atoms with Gasteiger partial charge in [-0.05, 0) is 32.1 Å². The van der Waals surface area contributed by atoms with E-state index in [9.17, 15) is 4.79 Å². The van der Waals surface area contributed by atoms with E-state index in [4.69, 9.17) is 4.74 Å². The standard InChI is InChI=1S/C12H19O2/c1-2-10-14-12(13)9-8-11-6-4-3-5-7-11/h8-9,11H,1-7,10H2. The molecule has 0 spiro atoms. The van der Waals surface area contributed by atoms with Crippen molar-refractivity contribution >= 4 is 5.97 Å². The monoisotopic (exact) mass is 195 g/mol. The van der Waals surface area contributed by atoms with Gasteiger partial charge in [-0.25, -0.2) is 4.79 Å². The highest BCUT2D eigenvalue weighted by Gasteiger charge is 2.10. The van der Waals surface area contributed by atoms with Crippen LogP contribution >= 0.6 is 0 Å². The molecule has 0 heterocycles. The fourth-order valence-electron chi connectivity index (χ4n) is 1.76. The Morgan fingerprint density at radius 1 is 1.36 bits per heavy atom. The summed E-state index contributed by atoms with van der Waals surface area (Å²) in [6.07, 6.45) is 10.6. The lowest BCUT2D eigenvalue weighted by Crippen LogP contribution is -2.05. The third kappa shape index (κ3) is 4.45. The van der Waals surface area contributed by atoms with Crippen LogP contribution in [0.4, 0.5) is 0 Å². The molecule has 0 amide bonds.